The lowest BCUT2D eigenvalue weighted by Gasteiger charge is -2.12. The average Bonchev–Trinajstić information content (AvgIpc) is 3.19. The Morgan fingerprint density at radius 1 is 1.06 bits per heavy atom. The number of ether oxygens (including phenoxy) is 2. The zero-order valence-corrected chi connectivity index (χ0v) is 17.1. The number of nitrogens with zero attached hydrogens (tertiary/aromatic N) is 2. The fourth-order valence-corrected chi connectivity index (χ4v) is 3.25. The number of furan rings is 1. The van der Waals surface area contributed by atoms with Crippen molar-refractivity contribution in [1.82, 2.24) is 9.55 Å². The third kappa shape index (κ3) is 3.69. The van der Waals surface area contributed by atoms with Gasteiger partial charge < -0.3 is 19.2 Å². The Kier molecular flexibility index (Phi) is 5.42. The standard InChI is InChI=1S/C22H17N3O7/c1-30-21(28)12-7-8-13(22(29)31-2)15(9-12)24-17(26)10-25-11-23-18-14-5-3-4-6-16(14)32-19(18)20(25)27/h3-9,11H,10H2,1-2H3,(H,24,26). The Balaban J connectivity index is 1.65. The number of carbonyl (C=O) groups excluding carboxylic acids is 3. The highest BCUT2D eigenvalue weighted by molar-refractivity contribution is 6.04. The number of amides is 1. The van der Waals surface area contributed by atoms with Gasteiger partial charge in [0.1, 0.15) is 17.6 Å². The number of rotatable bonds is 5. The molecular weight excluding hydrogens is 418 g/mol. The van der Waals surface area contributed by atoms with Crippen molar-refractivity contribution in [1.29, 1.82) is 0 Å². The van der Waals surface area contributed by atoms with Gasteiger partial charge in [0.25, 0.3) is 5.56 Å². The van der Waals surface area contributed by atoms with Crippen LogP contribution in [0, 0.1) is 0 Å². The van der Waals surface area contributed by atoms with Crippen LogP contribution in [0.15, 0.2) is 58.0 Å². The number of fused-ring (bicyclic) bond motifs is 3. The summed E-state index contributed by atoms with van der Waals surface area (Å²) in [5.74, 6) is -1.98. The van der Waals surface area contributed by atoms with E-state index in [1.807, 2.05) is 0 Å². The Morgan fingerprint density at radius 3 is 2.56 bits per heavy atom. The molecular formula is C22H17N3O7. The number of anilines is 1. The molecule has 0 aliphatic rings. The summed E-state index contributed by atoms with van der Waals surface area (Å²) in [5, 5.41) is 3.22. The molecule has 1 amide bonds. The highest BCUT2D eigenvalue weighted by Crippen LogP contribution is 2.24. The maximum Gasteiger partial charge on any atom is 0.339 e. The third-order valence-corrected chi connectivity index (χ3v) is 4.78. The SMILES string of the molecule is COC(=O)c1ccc(C(=O)OC)c(NC(=O)Cn2cnc3c(oc4ccccc43)c2=O)c1. The molecule has 0 atom stereocenters. The van der Waals surface area contributed by atoms with E-state index in [4.69, 9.17) is 9.15 Å². The molecule has 0 aliphatic heterocycles. The number of nitrogens with one attached hydrogen (secondary N) is 1. The van der Waals surface area contributed by atoms with Crippen LogP contribution in [-0.2, 0) is 20.8 Å². The first kappa shape index (κ1) is 20.8. The van der Waals surface area contributed by atoms with Gasteiger partial charge in [-0.2, -0.15) is 0 Å². The van der Waals surface area contributed by atoms with Crippen LogP contribution in [0.3, 0.4) is 0 Å². The first-order valence-electron chi connectivity index (χ1n) is 9.40. The number of hydrogen-bond donors (Lipinski definition) is 1. The van der Waals surface area contributed by atoms with Crippen molar-refractivity contribution >= 4 is 45.6 Å². The average molecular weight is 435 g/mol. The Labute approximate surface area is 180 Å². The van der Waals surface area contributed by atoms with E-state index in [9.17, 15) is 19.2 Å². The van der Waals surface area contributed by atoms with Crippen LogP contribution in [0.5, 0.6) is 0 Å². The molecule has 10 nitrogen and oxygen atoms in total. The zero-order valence-electron chi connectivity index (χ0n) is 17.1. The van der Waals surface area contributed by atoms with Crippen LogP contribution >= 0.6 is 0 Å². The number of hydrogen-bond acceptors (Lipinski definition) is 8. The summed E-state index contributed by atoms with van der Waals surface area (Å²) in [5.41, 5.74) is 0.611. The van der Waals surface area contributed by atoms with Gasteiger partial charge in [0.05, 0.1) is 37.4 Å². The first-order chi connectivity index (χ1) is 15.4. The van der Waals surface area contributed by atoms with E-state index in [-0.39, 0.29) is 22.4 Å². The molecule has 0 saturated heterocycles. The number of methoxy groups -OCH3 is 2. The molecule has 32 heavy (non-hydrogen) atoms. The normalized spacial score (nSPS) is 10.8. The molecule has 10 heteroatoms. The Morgan fingerprint density at radius 2 is 1.81 bits per heavy atom. The van der Waals surface area contributed by atoms with Crippen LogP contribution < -0.4 is 10.9 Å². The molecule has 2 aromatic heterocycles. The summed E-state index contributed by atoms with van der Waals surface area (Å²) in [7, 11) is 2.40. The van der Waals surface area contributed by atoms with Gasteiger partial charge in [-0.05, 0) is 30.3 Å². The third-order valence-electron chi connectivity index (χ3n) is 4.78. The lowest BCUT2D eigenvalue weighted by atomic mass is 10.1. The van der Waals surface area contributed by atoms with Gasteiger partial charge in [-0.25, -0.2) is 14.6 Å². The molecule has 0 saturated carbocycles. The van der Waals surface area contributed by atoms with E-state index in [0.29, 0.717) is 16.5 Å². The molecule has 0 aliphatic carbocycles. The summed E-state index contributed by atoms with van der Waals surface area (Å²) in [6.45, 7) is -0.401. The zero-order chi connectivity index (χ0) is 22.8. The summed E-state index contributed by atoms with van der Waals surface area (Å²) < 4.78 is 16.1. The van der Waals surface area contributed by atoms with Crippen LogP contribution in [0.25, 0.3) is 22.1 Å². The van der Waals surface area contributed by atoms with E-state index in [0.717, 1.165) is 4.57 Å². The molecule has 0 unspecified atom stereocenters. The predicted molar refractivity (Wildman–Crippen MR) is 114 cm³/mol. The second-order valence-corrected chi connectivity index (χ2v) is 6.75. The fourth-order valence-electron chi connectivity index (χ4n) is 3.25. The van der Waals surface area contributed by atoms with Crippen molar-refractivity contribution < 1.29 is 28.3 Å². The van der Waals surface area contributed by atoms with Crippen molar-refractivity contribution in [2.75, 3.05) is 19.5 Å². The monoisotopic (exact) mass is 435 g/mol. The van der Waals surface area contributed by atoms with Gasteiger partial charge >= 0.3 is 11.9 Å². The molecule has 2 aromatic carbocycles. The van der Waals surface area contributed by atoms with Crippen molar-refractivity contribution in [3.63, 3.8) is 0 Å². The molecule has 0 radical (unpaired) electrons. The van der Waals surface area contributed by atoms with Crippen LogP contribution in [0.1, 0.15) is 20.7 Å². The predicted octanol–water partition coefficient (Wildman–Crippen LogP) is 2.35. The molecule has 4 aromatic rings. The molecule has 0 fully saturated rings. The van der Waals surface area contributed by atoms with Gasteiger partial charge in [-0.3, -0.25) is 14.2 Å². The van der Waals surface area contributed by atoms with E-state index >= 15 is 0 Å². The summed E-state index contributed by atoms with van der Waals surface area (Å²) >= 11 is 0. The van der Waals surface area contributed by atoms with Crippen LogP contribution in [-0.4, -0.2) is 41.6 Å². The van der Waals surface area contributed by atoms with E-state index < -0.39 is 29.9 Å². The molecule has 0 spiro atoms. The van der Waals surface area contributed by atoms with E-state index in [1.54, 1.807) is 24.3 Å². The number of esters is 2. The first-order valence-corrected chi connectivity index (χ1v) is 9.40. The van der Waals surface area contributed by atoms with E-state index in [1.165, 1.54) is 38.7 Å². The second-order valence-electron chi connectivity index (χ2n) is 6.75. The lowest BCUT2D eigenvalue weighted by Crippen LogP contribution is -2.28. The van der Waals surface area contributed by atoms with Crippen molar-refractivity contribution in [2.45, 2.75) is 6.54 Å². The van der Waals surface area contributed by atoms with Gasteiger partial charge in [0.2, 0.25) is 11.5 Å². The van der Waals surface area contributed by atoms with Gasteiger partial charge in [-0.15, -0.1) is 0 Å². The Hall–Kier alpha value is -4.47. The minimum Gasteiger partial charge on any atom is -0.465 e. The highest BCUT2D eigenvalue weighted by Gasteiger charge is 2.19. The van der Waals surface area contributed by atoms with E-state index in [2.05, 4.69) is 15.0 Å². The number of carbonyl (C=O) groups is 3. The minimum absolute atomic E-state index is 0.0319. The van der Waals surface area contributed by atoms with Crippen LogP contribution in [0.2, 0.25) is 0 Å². The van der Waals surface area contributed by atoms with Gasteiger partial charge in [0, 0.05) is 5.39 Å². The molecule has 162 valence electrons. The smallest absolute Gasteiger partial charge is 0.339 e. The topological polar surface area (TPSA) is 130 Å². The van der Waals surface area contributed by atoms with Gasteiger partial charge in [0.15, 0.2) is 0 Å². The van der Waals surface area contributed by atoms with Crippen LogP contribution in [0.4, 0.5) is 5.69 Å². The van der Waals surface area contributed by atoms with Crippen molar-refractivity contribution in [3.8, 4) is 0 Å². The van der Waals surface area contributed by atoms with Gasteiger partial charge in [-0.1, -0.05) is 12.1 Å². The number of para-hydroxylation sites is 1. The number of aromatic nitrogens is 2. The second kappa shape index (κ2) is 8.34. The molecule has 0 bridgehead atoms. The maximum atomic E-state index is 12.8. The minimum atomic E-state index is -0.709. The largest absolute Gasteiger partial charge is 0.465 e. The number of benzene rings is 2. The quantitative estimate of drug-likeness (QED) is 0.473. The maximum absolute atomic E-state index is 12.8. The highest BCUT2D eigenvalue weighted by atomic mass is 16.5. The van der Waals surface area contributed by atoms with Crippen molar-refractivity contribution in [2.24, 2.45) is 0 Å². The molecule has 1 N–H and O–H groups in total. The fraction of sp³-hybridized carbons (Fsp3) is 0.136. The lowest BCUT2D eigenvalue weighted by molar-refractivity contribution is -0.116. The summed E-state index contributed by atoms with van der Waals surface area (Å²) in [6, 6.07) is 11.1. The summed E-state index contributed by atoms with van der Waals surface area (Å²) in [4.78, 5) is 53.6. The summed E-state index contributed by atoms with van der Waals surface area (Å²) in [6.07, 6.45) is 1.25. The van der Waals surface area contributed by atoms with Crippen molar-refractivity contribution in [3.05, 3.63) is 70.3 Å². The Bertz CT molecular complexity index is 1430. The molecule has 2 heterocycles. The molecule has 4 rings (SSSR count).